The summed E-state index contributed by atoms with van der Waals surface area (Å²) in [5.41, 5.74) is 2.07. The van der Waals surface area contributed by atoms with Gasteiger partial charge in [0.1, 0.15) is 0 Å². The fraction of sp³-hybridized carbons (Fsp3) is 0.333. The summed E-state index contributed by atoms with van der Waals surface area (Å²) < 4.78 is 0. The second kappa shape index (κ2) is 7.62. The van der Waals surface area contributed by atoms with Crippen molar-refractivity contribution in [1.82, 2.24) is 10.3 Å². The molecule has 1 aliphatic rings. The molecule has 1 aromatic carbocycles. The second-order valence-electron chi connectivity index (χ2n) is 5.87. The smallest absolute Gasteiger partial charge is 0.227 e. The molecule has 2 heterocycles. The highest BCUT2D eigenvalue weighted by Gasteiger charge is 2.28. The summed E-state index contributed by atoms with van der Waals surface area (Å²) in [4.78, 5) is 17.5. The second-order valence-corrected chi connectivity index (χ2v) is 6.92. The first-order valence-electron chi connectivity index (χ1n) is 7.86. The van der Waals surface area contributed by atoms with Crippen molar-refractivity contribution >= 4 is 23.4 Å². The van der Waals surface area contributed by atoms with Crippen LogP contribution in [-0.2, 0) is 10.5 Å². The zero-order valence-corrected chi connectivity index (χ0v) is 14.0. The Bertz CT molecular complexity index is 641. The molecule has 5 heteroatoms. The Balaban J connectivity index is 1.51. The number of nitrogens with zero attached hydrogens (tertiary/aromatic N) is 1. The van der Waals surface area contributed by atoms with Crippen LogP contribution in [0.2, 0.25) is 0 Å². The number of nitrogens with one attached hydrogen (secondary N) is 2. The van der Waals surface area contributed by atoms with Crippen LogP contribution >= 0.6 is 11.8 Å². The maximum Gasteiger partial charge on any atom is 0.227 e. The predicted molar refractivity (Wildman–Crippen MR) is 94.4 cm³/mol. The zero-order chi connectivity index (χ0) is 16.1. The summed E-state index contributed by atoms with van der Waals surface area (Å²) in [6.07, 6.45) is 3.67. The lowest BCUT2D eigenvalue weighted by Crippen LogP contribution is -2.48. The van der Waals surface area contributed by atoms with Gasteiger partial charge in [-0.05, 0) is 54.9 Å². The lowest BCUT2D eigenvalue weighted by atomic mass is 9.88. The van der Waals surface area contributed by atoms with Crippen molar-refractivity contribution < 1.29 is 4.79 Å². The Morgan fingerprint density at radius 1 is 1.35 bits per heavy atom. The first-order valence-corrected chi connectivity index (χ1v) is 8.84. The van der Waals surface area contributed by atoms with E-state index in [1.807, 2.05) is 43.5 Å². The van der Waals surface area contributed by atoms with E-state index < -0.39 is 0 Å². The Labute approximate surface area is 141 Å². The summed E-state index contributed by atoms with van der Waals surface area (Å²) in [6, 6.07) is 12.1. The molecule has 120 valence electrons. The van der Waals surface area contributed by atoms with Gasteiger partial charge in [-0.2, -0.15) is 0 Å². The molecule has 1 saturated heterocycles. The van der Waals surface area contributed by atoms with Gasteiger partial charge in [0.2, 0.25) is 5.91 Å². The minimum atomic E-state index is 0.0517. The van der Waals surface area contributed by atoms with Crippen molar-refractivity contribution in [3.8, 4) is 0 Å². The van der Waals surface area contributed by atoms with Crippen molar-refractivity contribution in [3.63, 3.8) is 0 Å². The third kappa shape index (κ3) is 4.33. The largest absolute Gasteiger partial charge is 0.326 e. The molecular weight excluding hydrogens is 306 g/mol. The number of carbonyl (C=O) groups excluding carboxylic acids is 1. The molecule has 1 amide bonds. The summed E-state index contributed by atoms with van der Waals surface area (Å²) in [7, 11) is 0. The molecule has 2 aromatic rings. The molecule has 23 heavy (non-hydrogen) atoms. The van der Waals surface area contributed by atoms with Crippen LogP contribution in [0.15, 0.2) is 53.7 Å². The van der Waals surface area contributed by atoms with E-state index in [0.29, 0.717) is 5.92 Å². The summed E-state index contributed by atoms with van der Waals surface area (Å²) in [5, 5.41) is 6.21. The first kappa shape index (κ1) is 16.0. The van der Waals surface area contributed by atoms with E-state index >= 15 is 0 Å². The summed E-state index contributed by atoms with van der Waals surface area (Å²) in [6.45, 7) is 3.88. The van der Waals surface area contributed by atoms with Crippen molar-refractivity contribution in [2.45, 2.75) is 17.6 Å². The van der Waals surface area contributed by atoms with Gasteiger partial charge >= 0.3 is 0 Å². The minimum Gasteiger partial charge on any atom is -0.326 e. The van der Waals surface area contributed by atoms with Gasteiger partial charge in [-0.1, -0.05) is 13.0 Å². The van der Waals surface area contributed by atoms with E-state index in [2.05, 4.69) is 21.7 Å². The van der Waals surface area contributed by atoms with Gasteiger partial charge in [0.25, 0.3) is 0 Å². The number of aromatic nitrogens is 1. The maximum atomic E-state index is 12.2. The molecule has 1 aromatic heterocycles. The van der Waals surface area contributed by atoms with Gasteiger partial charge in [-0.25, -0.2) is 0 Å². The fourth-order valence-corrected chi connectivity index (χ4v) is 3.25. The topological polar surface area (TPSA) is 54.0 Å². The number of anilines is 1. The highest BCUT2D eigenvalue weighted by molar-refractivity contribution is 7.98. The van der Waals surface area contributed by atoms with Crippen molar-refractivity contribution in [1.29, 1.82) is 0 Å². The molecule has 1 aliphatic heterocycles. The van der Waals surface area contributed by atoms with Crippen LogP contribution in [0, 0.1) is 11.8 Å². The monoisotopic (exact) mass is 327 g/mol. The number of hydrogen-bond acceptors (Lipinski definition) is 4. The molecule has 3 rings (SSSR count). The van der Waals surface area contributed by atoms with Crippen LogP contribution < -0.4 is 10.6 Å². The highest BCUT2D eigenvalue weighted by Crippen LogP contribution is 2.24. The van der Waals surface area contributed by atoms with Crippen LogP contribution in [0.5, 0.6) is 0 Å². The van der Waals surface area contributed by atoms with E-state index in [0.717, 1.165) is 24.5 Å². The van der Waals surface area contributed by atoms with Crippen molar-refractivity contribution in [2.75, 3.05) is 18.4 Å². The number of benzene rings is 1. The van der Waals surface area contributed by atoms with Gasteiger partial charge in [-0.15, -0.1) is 11.8 Å². The Kier molecular flexibility index (Phi) is 5.31. The van der Waals surface area contributed by atoms with E-state index in [1.165, 1.54) is 10.5 Å². The number of hydrogen-bond donors (Lipinski definition) is 2. The molecule has 0 radical (unpaired) electrons. The van der Waals surface area contributed by atoms with Gasteiger partial charge in [-0.3, -0.25) is 9.78 Å². The molecule has 0 aliphatic carbocycles. The zero-order valence-electron chi connectivity index (χ0n) is 13.2. The van der Waals surface area contributed by atoms with Crippen LogP contribution in [0.25, 0.3) is 0 Å². The Morgan fingerprint density at radius 2 is 2.13 bits per heavy atom. The Morgan fingerprint density at radius 3 is 2.74 bits per heavy atom. The number of amides is 1. The molecule has 4 nitrogen and oxygen atoms in total. The van der Waals surface area contributed by atoms with E-state index in [9.17, 15) is 4.79 Å². The third-order valence-corrected chi connectivity index (χ3v) is 5.27. The van der Waals surface area contributed by atoms with Crippen molar-refractivity contribution in [3.05, 3.63) is 54.4 Å². The molecule has 0 bridgehead atoms. The first-order chi connectivity index (χ1) is 11.2. The standard InChI is InChI=1S/C18H21N3OS/c1-13(15-10-20-11-15)18(22)21-16-4-6-17(7-5-16)23-12-14-3-2-8-19-9-14/h2-9,13,15,20H,10-12H2,1H3,(H,21,22). The highest BCUT2D eigenvalue weighted by atomic mass is 32.2. The van der Waals surface area contributed by atoms with Crippen LogP contribution in [-0.4, -0.2) is 24.0 Å². The number of pyridine rings is 1. The quantitative estimate of drug-likeness (QED) is 0.800. The lowest BCUT2D eigenvalue weighted by molar-refractivity contribution is -0.121. The van der Waals surface area contributed by atoms with E-state index in [1.54, 1.807) is 18.0 Å². The normalized spacial score (nSPS) is 15.7. The van der Waals surface area contributed by atoms with Crippen LogP contribution in [0.1, 0.15) is 12.5 Å². The lowest BCUT2D eigenvalue weighted by Gasteiger charge is -2.31. The Hall–Kier alpha value is -1.85. The number of thioether (sulfide) groups is 1. The van der Waals surface area contributed by atoms with Gasteiger partial charge in [0, 0.05) is 34.6 Å². The molecule has 0 saturated carbocycles. The molecule has 1 fully saturated rings. The molecule has 2 N–H and O–H groups in total. The minimum absolute atomic E-state index is 0.0517. The summed E-state index contributed by atoms with van der Waals surface area (Å²) in [5.74, 6) is 1.51. The van der Waals surface area contributed by atoms with Crippen LogP contribution in [0.3, 0.4) is 0 Å². The molecular formula is C18H21N3OS. The van der Waals surface area contributed by atoms with E-state index in [-0.39, 0.29) is 11.8 Å². The maximum absolute atomic E-state index is 12.2. The predicted octanol–water partition coefficient (Wildman–Crippen LogP) is 3.17. The van der Waals surface area contributed by atoms with Gasteiger partial charge in [0.05, 0.1) is 0 Å². The molecule has 1 unspecified atom stereocenters. The number of rotatable bonds is 6. The van der Waals surface area contributed by atoms with Gasteiger partial charge < -0.3 is 10.6 Å². The number of carbonyl (C=O) groups is 1. The summed E-state index contributed by atoms with van der Waals surface area (Å²) >= 11 is 1.76. The third-order valence-electron chi connectivity index (χ3n) is 4.18. The molecule has 1 atom stereocenters. The van der Waals surface area contributed by atoms with E-state index in [4.69, 9.17) is 0 Å². The van der Waals surface area contributed by atoms with Crippen molar-refractivity contribution in [2.24, 2.45) is 11.8 Å². The van der Waals surface area contributed by atoms with Crippen LogP contribution in [0.4, 0.5) is 5.69 Å². The van der Waals surface area contributed by atoms with Gasteiger partial charge in [0.15, 0.2) is 0 Å². The SMILES string of the molecule is CC(C(=O)Nc1ccc(SCc2cccnc2)cc1)C1CNC1. The fourth-order valence-electron chi connectivity index (χ4n) is 2.42. The molecule has 0 spiro atoms. The average Bonchev–Trinajstić information content (AvgIpc) is 2.53. The average molecular weight is 327 g/mol.